The average molecular weight is 347 g/mol. The van der Waals surface area contributed by atoms with Gasteiger partial charge in [-0.25, -0.2) is 14.2 Å². The van der Waals surface area contributed by atoms with Crippen molar-refractivity contribution in [3.05, 3.63) is 42.2 Å². The average Bonchev–Trinajstić information content (AvgIpc) is 2.95. The number of imidazole rings is 1. The van der Waals surface area contributed by atoms with Crippen LogP contribution in [0.15, 0.2) is 30.6 Å². The van der Waals surface area contributed by atoms with Gasteiger partial charge in [0.15, 0.2) is 0 Å². The summed E-state index contributed by atoms with van der Waals surface area (Å²) in [5, 5.41) is 7.67. The summed E-state index contributed by atoms with van der Waals surface area (Å²) in [5.74, 6) is 0.121. The molecule has 0 atom stereocenters. The topological polar surface area (TPSA) is 88.0 Å². The number of aromatic nitrogens is 2. The van der Waals surface area contributed by atoms with E-state index in [0.717, 1.165) is 25.2 Å². The van der Waals surface area contributed by atoms with Crippen LogP contribution in [0.4, 0.5) is 20.6 Å². The number of hydrogen-bond acceptors (Lipinski definition) is 3. The Morgan fingerprint density at radius 1 is 1.24 bits per heavy atom. The molecule has 1 aromatic heterocycles. The third kappa shape index (κ3) is 5.91. The molecule has 2 aromatic rings. The predicted molar refractivity (Wildman–Crippen MR) is 93.9 cm³/mol. The van der Waals surface area contributed by atoms with Crippen LogP contribution in [-0.4, -0.2) is 28.0 Å². The van der Waals surface area contributed by atoms with Gasteiger partial charge in [0.1, 0.15) is 11.6 Å². The van der Waals surface area contributed by atoms with Gasteiger partial charge in [-0.15, -0.1) is 0 Å². The lowest BCUT2D eigenvalue weighted by Gasteiger charge is -2.10. The fourth-order valence-electron chi connectivity index (χ4n) is 2.32. The molecule has 134 valence electrons. The van der Waals surface area contributed by atoms with Gasteiger partial charge in [0.05, 0.1) is 5.69 Å². The van der Waals surface area contributed by atoms with Crippen molar-refractivity contribution in [2.45, 2.75) is 33.2 Å². The first-order valence-corrected chi connectivity index (χ1v) is 8.05. The monoisotopic (exact) mass is 347 g/mol. The van der Waals surface area contributed by atoms with Crippen LogP contribution in [0.2, 0.25) is 0 Å². The predicted octanol–water partition coefficient (Wildman–Crippen LogP) is 2.89. The Morgan fingerprint density at radius 3 is 2.72 bits per heavy atom. The molecule has 25 heavy (non-hydrogen) atoms. The Hall–Kier alpha value is -2.90. The highest BCUT2D eigenvalue weighted by molar-refractivity contribution is 5.92. The largest absolute Gasteiger partial charge is 0.338 e. The van der Waals surface area contributed by atoms with Crippen molar-refractivity contribution in [2.24, 2.45) is 0 Å². The van der Waals surface area contributed by atoms with Gasteiger partial charge in [0.25, 0.3) is 0 Å². The third-order valence-corrected chi connectivity index (χ3v) is 3.57. The Bertz CT molecular complexity index is 744. The normalized spacial score (nSPS) is 10.4. The molecule has 0 aliphatic rings. The first-order chi connectivity index (χ1) is 12.0. The zero-order valence-electron chi connectivity index (χ0n) is 14.3. The van der Waals surface area contributed by atoms with Gasteiger partial charge >= 0.3 is 6.03 Å². The van der Waals surface area contributed by atoms with Crippen molar-refractivity contribution in [3.63, 3.8) is 0 Å². The molecule has 3 N–H and O–H groups in total. The Labute approximate surface area is 145 Å². The van der Waals surface area contributed by atoms with Crippen molar-refractivity contribution in [1.29, 1.82) is 0 Å². The molecule has 2 rings (SSSR count). The van der Waals surface area contributed by atoms with Crippen molar-refractivity contribution >= 4 is 23.3 Å². The van der Waals surface area contributed by atoms with E-state index in [9.17, 15) is 14.0 Å². The Kier molecular flexibility index (Phi) is 6.50. The van der Waals surface area contributed by atoms with Gasteiger partial charge < -0.3 is 20.5 Å². The molecule has 3 amide bonds. The second-order valence-corrected chi connectivity index (χ2v) is 5.63. The van der Waals surface area contributed by atoms with E-state index in [2.05, 4.69) is 20.9 Å². The van der Waals surface area contributed by atoms with E-state index in [1.807, 2.05) is 17.7 Å². The third-order valence-electron chi connectivity index (χ3n) is 3.57. The lowest BCUT2D eigenvalue weighted by Crippen LogP contribution is -2.30. The number of nitrogens with zero attached hydrogens (tertiary/aromatic N) is 2. The van der Waals surface area contributed by atoms with Crippen LogP contribution in [0.3, 0.4) is 0 Å². The maximum atomic E-state index is 13.7. The maximum Gasteiger partial charge on any atom is 0.319 e. The maximum absolute atomic E-state index is 13.7. The SMILES string of the molecule is CC(=O)Nc1ccc(F)c(NC(=O)NCCCCn2ccnc2C)c1. The summed E-state index contributed by atoms with van der Waals surface area (Å²) >= 11 is 0. The molecule has 0 radical (unpaired) electrons. The number of urea groups is 1. The quantitative estimate of drug-likeness (QED) is 0.673. The molecule has 1 aromatic carbocycles. The van der Waals surface area contributed by atoms with Gasteiger partial charge in [-0.3, -0.25) is 4.79 Å². The first-order valence-electron chi connectivity index (χ1n) is 8.05. The van der Waals surface area contributed by atoms with E-state index in [0.29, 0.717) is 12.2 Å². The molecular weight excluding hydrogens is 325 g/mol. The second-order valence-electron chi connectivity index (χ2n) is 5.63. The van der Waals surface area contributed by atoms with E-state index in [4.69, 9.17) is 0 Å². The highest BCUT2D eigenvalue weighted by atomic mass is 19.1. The zero-order chi connectivity index (χ0) is 18.2. The van der Waals surface area contributed by atoms with Crippen molar-refractivity contribution < 1.29 is 14.0 Å². The van der Waals surface area contributed by atoms with Crippen LogP contribution < -0.4 is 16.0 Å². The number of carbonyl (C=O) groups excluding carboxylic acids is 2. The smallest absolute Gasteiger partial charge is 0.319 e. The minimum Gasteiger partial charge on any atom is -0.338 e. The van der Waals surface area contributed by atoms with E-state index in [-0.39, 0.29) is 11.6 Å². The number of unbranched alkanes of at least 4 members (excludes halogenated alkanes) is 1. The summed E-state index contributed by atoms with van der Waals surface area (Å²) < 4.78 is 15.8. The summed E-state index contributed by atoms with van der Waals surface area (Å²) in [5.41, 5.74) is 0.428. The Morgan fingerprint density at radius 2 is 2.04 bits per heavy atom. The van der Waals surface area contributed by atoms with Gasteiger partial charge in [-0.1, -0.05) is 0 Å². The molecule has 0 aliphatic carbocycles. The van der Waals surface area contributed by atoms with Crippen LogP contribution in [0.1, 0.15) is 25.6 Å². The van der Waals surface area contributed by atoms with Crippen LogP contribution in [0.5, 0.6) is 0 Å². The lowest BCUT2D eigenvalue weighted by molar-refractivity contribution is -0.114. The molecule has 8 heteroatoms. The fraction of sp³-hybridized carbons (Fsp3) is 0.353. The van der Waals surface area contributed by atoms with Gasteiger partial charge in [0, 0.05) is 38.1 Å². The van der Waals surface area contributed by atoms with Gasteiger partial charge in [-0.2, -0.15) is 0 Å². The van der Waals surface area contributed by atoms with E-state index < -0.39 is 11.8 Å². The van der Waals surface area contributed by atoms with Crippen molar-refractivity contribution in [1.82, 2.24) is 14.9 Å². The summed E-state index contributed by atoms with van der Waals surface area (Å²) in [4.78, 5) is 27.0. The molecule has 0 bridgehead atoms. The van der Waals surface area contributed by atoms with E-state index in [1.54, 1.807) is 6.20 Å². The molecule has 0 saturated carbocycles. The first kappa shape index (κ1) is 18.4. The number of aryl methyl sites for hydroxylation is 2. The number of rotatable bonds is 7. The number of hydrogen-bond donors (Lipinski definition) is 3. The van der Waals surface area contributed by atoms with Crippen LogP contribution in [-0.2, 0) is 11.3 Å². The number of carbonyl (C=O) groups is 2. The van der Waals surface area contributed by atoms with Crippen LogP contribution in [0.25, 0.3) is 0 Å². The van der Waals surface area contributed by atoms with Crippen molar-refractivity contribution in [3.8, 4) is 0 Å². The lowest BCUT2D eigenvalue weighted by atomic mass is 10.2. The highest BCUT2D eigenvalue weighted by Crippen LogP contribution is 2.19. The Balaban J connectivity index is 1.74. The summed E-state index contributed by atoms with van der Waals surface area (Å²) in [6, 6.07) is 3.50. The number of anilines is 2. The van der Waals surface area contributed by atoms with Crippen molar-refractivity contribution in [2.75, 3.05) is 17.2 Å². The molecule has 0 saturated heterocycles. The summed E-state index contributed by atoms with van der Waals surface area (Å²) in [6.45, 7) is 4.61. The van der Waals surface area contributed by atoms with Crippen LogP contribution >= 0.6 is 0 Å². The van der Waals surface area contributed by atoms with Crippen LogP contribution in [0, 0.1) is 12.7 Å². The minimum absolute atomic E-state index is 0.0118. The van der Waals surface area contributed by atoms with E-state index >= 15 is 0 Å². The number of nitrogens with one attached hydrogen (secondary N) is 3. The molecule has 0 fully saturated rings. The molecule has 0 unspecified atom stereocenters. The standard InChI is InChI=1S/C17H22FN5O2/c1-12-19-8-10-23(12)9-4-3-7-20-17(25)22-16-11-14(21-13(2)24)5-6-15(16)18/h5-6,8,10-11H,3-4,7,9H2,1-2H3,(H,21,24)(H2,20,22,25). The number of amides is 3. The summed E-state index contributed by atoms with van der Waals surface area (Å²) in [7, 11) is 0. The molecule has 0 spiro atoms. The second kappa shape index (κ2) is 8.81. The number of benzene rings is 1. The van der Waals surface area contributed by atoms with Gasteiger partial charge in [-0.05, 0) is 38.0 Å². The molecule has 7 nitrogen and oxygen atoms in total. The van der Waals surface area contributed by atoms with Gasteiger partial charge in [0.2, 0.25) is 5.91 Å². The number of halogens is 1. The zero-order valence-corrected chi connectivity index (χ0v) is 14.3. The minimum atomic E-state index is -0.570. The molecule has 1 heterocycles. The molecule has 0 aliphatic heterocycles. The molecular formula is C17H22FN5O2. The van der Waals surface area contributed by atoms with E-state index in [1.165, 1.54) is 25.1 Å². The fourth-order valence-corrected chi connectivity index (χ4v) is 2.32. The highest BCUT2D eigenvalue weighted by Gasteiger charge is 2.08. The summed E-state index contributed by atoms with van der Waals surface area (Å²) in [6.07, 6.45) is 5.36.